The molecule has 0 aliphatic carbocycles. The van der Waals surface area contributed by atoms with E-state index in [0.29, 0.717) is 4.82 Å². The van der Waals surface area contributed by atoms with Crippen LogP contribution in [0.2, 0.25) is 16.0 Å². The van der Waals surface area contributed by atoms with Crippen molar-refractivity contribution in [2.75, 3.05) is 23.7 Å². The Hall–Kier alpha value is -0.141. The zero-order valence-electron chi connectivity index (χ0n) is 10.5. The summed E-state index contributed by atoms with van der Waals surface area (Å²) in [5.74, 6) is 0. The molecule has 2 heterocycles. The number of benzene rings is 1. The van der Waals surface area contributed by atoms with Gasteiger partial charge in [-0.3, -0.25) is 0 Å². The van der Waals surface area contributed by atoms with Gasteiger partial charge in [0.1, 0.15) is 0 Å². The van der Waals surface area contributed by atoms with Crippen molar-refractivity contribution < 1.29 is 0 Å². The van der Waals surface area contributed by atoms with Gasteiger partial charge < -0.3 is 0 Å². The van der Waals surface area contributed by atoms with Gasteiger partial charge in [0.2, 0.25) is 0 Å². The predicted octanol–water partition coefficient (Wildman–Crippen LogP) is 2.40. The van der Waals surface area contributed by atoms with Gasteiger partial charge in [0, 0.05) is 0 Å². The van der Waals surface area contributed by atoms with Crippen molar-refractivity contribution in [2.24, 2.45) is 0 Å². The average molecular weight is 373 g/mol. The van der Waals surface area contributed by atoms with Crippen molar-refractivity contribution in [2.45, 2.75) is 27.2 Å². The van der Waals surface area contributed by atoms with E-state index < -0.39 is 0 Å². The zero-order valence-corrected chi connectivity index (χ0v) is 13.9. The Kier molecular flexibility index (Phi) is 4.20. The number of nitrogens with zero attached hydrogens (tertiary/aromatic N) is 1. The molecule has 1 aromatic rings. The molecular weight excluding hydrogens is 354 g/mol. The van der Waals surface area contributed by atoms with Crippen LogP contribution < -0.4 is 10.6 Å². The molecule has 1 aromatic carbocycles. The second kappa shape index (κ2) is 5.88. The summed E-state index contributed by atoms with van der Waals surface area (Å²) < 4.78 is 0. The minimum absolute atomic E-state index is 0.659. The number of hydrogen-bond acceptors (Lipinski definition) is 2. The molecule has 2 N–H and O–H groups in total. The summed E-state index contributed by atoms with van der Waals surface area (Å²) in [5.41, 5.74) is 9.95. The van der Waals surface area contributed by atoms with Gasteiger partial charge in [-0.2, -0.15) is 0 Å². The molecule has 0 amide bonds. The van der Waals surface area contributed by atoms with E-state index in [1.54, 1.807) is 0 Å². The summed E-state index contributed by atoms with van der Waals surface area (Å²) in [6.45, 7) is 2.48. The van der Waals surface area contributed by atoms with Gasteiger partial charge in [0.05, 0.1) is 0 Å². The molecule has 0 aromatic heterocycles. The summed E-state index contributed by atoms with van der Waals surface area (Å²) in [6, 6.07) is 6.69. The maximum atomic E-state index is 6.17. The fourth-order valence-corrected chi connectivity index (χ4v) is 6.90. The average Bonchev–Trinajstić information content (AvgIpc) is 2.94. The second-order valence-corrected chi connectivity index (χ2v) is 9.92. The van der Waals surface area contributed by atoms with Gasteiger partial charge in [-0.1, -0.05) is 0 Å². The van der Waals surface area contributed by atoms with Gasteiger partial charge in [-0.05, 0) is 0 Å². The molecule has 2 nitrogen and oxygen atoms in total. The molecule has 3 rings (SSSR count). The molecule has 2 aliphatic rings. The monoisotopic (exact) mass is 375 g/mol. The third-order valence-corrected chi connectivity index (χ3v) is 8.21. The van der Waals surface area contributed by atoms with E-state index in [1.165, 1.54) is 46.7 Å². The van der Waals surface area contributed by atoms with Crippen molar-refractivity contribution in [3.8, 4) is 0 Å². The van der Waals surface area contributed by atoms with Gasteiger partial charge in [0.15, 0.2) is 0 Å². The molecule has 2 aliphatic heterocycles. The van der Waals surface area contributed by atoms with Crippen LogP contribution in [0, 0.1) is 6.42 Å². The Bertz CT molecular complexity index is 410. The summed E-state index contributed by atoms with van der Waals surface area (Å²) in [5, 5.41) is 4.17. The van der Waals surface area contributed by atoms with Crippen LogP contribution in [0.25, 0.3) is 0 Å². The molecule has 0 bridgehead atoms. The van der Waals surface area contributed by atoms with E-state index in [4.69, 9.17) is 5.73 Å². The van der Waals surface area contributed by atoms with E-state index in [9.17, 15) is 0 Å². The number of rotatable bonds is 2. The normalized spacial score (nSPS) is 24.4. The Morgan fingerprint density at radius 2 is 2.00 bits per heavy atom. The molecule has 1 atom stereocenters. The van der Waals surface area contributed by atoms with Crippen LogP contribution in [0.4, 0.5) is 11.4 Å². The van der Waals surface area contributed by atoms with Crippen LogP contribution in [-0.2, 0) is 0 Å². The number of nitrogens with two attached hydrogens (primary N) is 1. The Morgan fingerprint density at radius 1 is 1.17 bits per heavy atom. The van der Waals surface area contributed by atoms with Crippen molar-refractivity contribution >= 4 is 41.3 Å². The number of anilines is 2. The molecule has 1 radical (unpaired) electrons. The van der Waals surface area contributed by atoms with Crippen molar-refractivity contribution in [1.29, 1.82) is 0 Å². The zero-order chi connectivity index (χ0) is 12.4. The third-order valence-electron chi connectivity index (χ3n) is 3.55. The molecule has 18 heavy (non-hydrogen) atoms. The topological polar surface area (TPSA) is 29.3 Å². The SMILES string of the molecule is Nc1ccc(N2CC[Se]CC2)cc1C1[CH]CC[Se]1. The molecule has 4 heteroatoms. The van der Waals surface area contributed by atoms with E-state index >= 15 is 0 Å². The first-order chi connectivity index (χ1) is 8.84. The standard InChI is InChI=1S/C14H19N2Se2/c15-13-4-3-11(16-5-8-17-9-6-16)10-12(13)14-2-1-7-18-14/h2-4,10,14H,1,5-9,15H2. The van der Waals surface area contributed by atoms with E-state index in [-0.39, 0.29) is 0 Å². The van der Waals surface area contributed by atoms with Crippen molar-refractivity contribution in [3.63, 3.8) is 0 Å². The fourth-order valence-electron chi connectivity index (χ4n) is 2.53. The Balaban J connectivity index is 1.84. The number of hydrogen-bond donors (Lipinski definition) is 1. The Labute approximate surface area is 122 Å². The summed E-state index contributed by atoms with van der Waals surface area (Å²) >= 11 is 1.60. The van der Waals surface area contributed by atoms with Crippen LogP contribution in [0.3, 0.4) is 0 Å². The summed E-state index contributed by atoms with van der Waals surface area (Å²) in [4.78, 5) is 3.20. The minimum atomic E-state index is 0.659. The first-order valence-electron chi connectivity index (χ1n) is 6.51. The quantitative estimate of drug-likeness (QED) is 0.637. The van der Waals surface area contributed by atoms with Gasteiger partial charge in [-0.25, -0.2) is 0 Å². The maximum absolute atomic E-state index is 6.17. The molecule has 97 valence electrons. The van der Waals surface area contributed by atoms with Crippen LogP contribution in [-0.4, -0.2) is 43.0 Å². The van der Waals surface area contributed by atoms with E-state index in [0.717, 1.165) is 35.6 Å². The van der Waals surface area contributed by atoms with E-state index in [1.807, 2.05) is 0 Å². The molecule has 0 spiro atoms. The third kappa shape index (κ3) is 2.72. The summed E-state index contributed by atoms with van der Waals surface area (Å²) in [7, 11) is 0. The first-order valence-corrected chi connectivity index (χ1v) is 11.1. The van der Waals surface area contributed by atoms with Crippen LogP contribution in [0.5, 0.6) is 0 Å². The summed E-state index contributed by atoms with van der Waals surface area (Å²) in [6.07, 6.45) is 3.75. The first kappa shape index (κ1) is 12.9. The van der Waals surface area contributed by atoms with Gasteiger partial charge >= 0.3 is 122 Å². The van der Waals surface area contributed by atoms with Gasteiger partial charge in [-0.15, -0.1) is 0 Å². The predicted molar refractivity (Wildman–Crippen MR) is 80.7 cm³/mol. The van der Waals surface area contributed by atoms with E-state index in [2.05, 4.69) is 29.5 Å². The molecule has 2 fully saturated rings. The molecular formula is C14H19N2Se2. The van der Waals surface area contributed by atoms with Crippen LogP contribution in [0.1, 0.15) is 16.8 Å². The second-order valence-electron chi connectivity index (χ2n) is 4.73. The Morgan fingerprint density at radius 3 is 2.72 bits per heavy atom. The van der Waals surface area contributed by atoms with Gasteiger partial charge in [0.25, 0.3) is 0 Å². The van der Waals surface area contributed by atoms with Crippen molar-refractivity contribution in [3.05, 3.63) is 30.2 Å². The van der Waals surface area contributed by atoms with Crippen LogP contribution in [0.15, 0.2) is 18.2 Å². The van der Waals surface area contributed by atoms with Crippen molar-refractivity contribution in [1.82, 2.24) is 0 Å². The van der Waals surface area contributed by atoms with Crippen LogP contribution >= 0.6 is 0 Å². The fraction of sp³-hybridized carbons (Fsp3) is 0.500. The number of nitrogen functional groups attached to an aromatic ring is 1. The molecule has 0 saturated carbocycles. The molecule has 2 saturated heterocycles. The molecule has 1 unspecified atom stereocenters.